The number of aromatic hydroxyl groups is 1. The molecule has 8 heteroatoms. The SMILES string of the molecule is CCOc1ccc(/C(O)=C2/C(=O)C(=O)N(c3ccc(Cl)cc3)C2c2ccc(OC)c(O)c2)cc1C. The van der Waals surface area contributed by atoms with Gasteiger partial charge >= 0.3 is 0 Å². The lowest BCUT2D eigenvalue weighted by Crippen LogP contribution is -2.29. The highest BCUT2D eigenvalue weighted by Crippen LogP contribution is 2.44. The second-order valence-electron chi connectivity index (χ2n) is 7.99. The molecule has 1 aliphatic rings. The third-order valence-electron chi connectivity index (χ3n) is 5.82. The summed E-state index contributed by atoms with van der Waals surface area (Å²) in [5.41, 5.74) is 1.86. The summed E-state index contributed by atoms with van der Waals surface area (Å²) in [6, 6.07) is 15.1. The number of aliphatic hydroxyl groups is 1. The van der Waals surface area contributed by atoms with Crippen molar-refractivity contribution >= 4 is 34.7 Å². The molecule has 1 saturated heterocycles. The normalized spacial score (nSPS) is 17.0. The van der Waals surface area contributed by atoms with Crippen LogP contribution >= 0.6 is 11.6 Å². The average Bonchev–Trinajstić information content (AvgIpc) is 3.11. The molecular weight excluding hydrogens is 470 g/mol. The van der Waals surface area contributed by atoms with Crippen LogP contribution in [-0.2, 0) is 9.59 Å². The highest BCUT2D eigenvalue weighted by Gasteiger charge is 2.47. The van der Waals surface area contributed by atoms with Crippen molar-refractivity contribution in [3.8, 4) is 17.2 Å². The van der Waals surface area contributed by atoms with Gasteiger partial charge in [-0.2, -0.15) is 0 Å². The number of rotatable bonds is 6. The van der Waals surface area contributed by atoms with Crippen LogP contribution in [0.3, 0.4) is 0 Å². The predicted molar refractivity (Wildman–Crippen MR) is 133 cm³/mol. The van der Waals surface area contributed by atoms with E-state index in [-0.39, 0.29) is 22.8 Å². The number of nitrogens with zero attached hydrogens (tertiary/aromatic N) is 1. The van der Waals surface area contributed by atoms with E-state index < -0.39 is 17.7 Å². The first-order valence-corrected chi connectivity index (χ1v) is 11.3. The quantitative estimate of drug-likeness (QED) is 0.271. The molecule has 7 nitrogen and oxygen atoms in total. The van der Waals surface area contributed by atoms with Crippen molar-refractivity contribution in [3.05, 3.63) is 87.9 Å². The molecule has 4 rings (SSSR count). The number of ether oxygens (including phenoxy) is 2. The summed E-state index contributed by atoms with van der Waals surface area (Å²) < 4.78 is 10.7. The Morgan fingerprint density at radius 1 is 1.03 bits per heavy atom. The maximum absolute atomic E-state index is 13.3. The largest absolute Gasteiger partial charge is 0.507 e. The van der Waals surface area contributed by atoms with Crippen molar-refractivity contribution < 1.29 is 29.3 Å². The van der Waals surface area contributed by atoms with Crippen molar-refractivity contribution in [2.24, 2.45) is 0 Å². The van der Waals surface area contributed by atoms with Crippen LogP contribution in [0.2, 0.25) is 5.02 Å². The molecule has 3 aromatic rings. The number of ketones is 1. The molecule has 1 amide bonds. The third-order valence-corrected chi connectivity index (χ3v) is 6.07. The van der Waals surface area contributed by atoms with Crippen LogP contribution in [0.5, 0.6) is 17.2 Å². The van der Waals surface area contributed by atoms with Crippen LogP contribution in [0.1, 0.15) is 29.7 Å². The summed E-state index contributed by atoms with van der Waals surface area (Å²) >= 11 is 6.02. The lowest BCUT2D eigenvalue weighted by Gasteiger charge is -2.26. The number of amides is 1. The van der Waals surface area contributed by atoms with Crippen molar-refractivity contribution in [3.63, 3.8) is 0 Å². The fraction of sp³-hybridized carbons (Fsp3) is 0.185. The highest BCUT2D eigenvalue weighted by molar-refractivity contribution is 6.51. The summed E-state index contributed by atoms with van der Waals surface area (Å²) in [6.45, 7) is 4.18. The molecule has 35 heavy (non-hydrogen) atoms. The molecule has 1 unspecified atom stereocenters. The Hall–Kier alpha value is -3.97. The van der Waals surface area contributed by atoms with Gasteiger partial charge in [0, 0.05) is 16.3 Å². The smallest absolute Gasteiger partial charge is 0.300 e. The van der Waals surface area contributed by atoms with Gasteiger partial charge in [-0.05, 0) is 79.6 Å². The fourth-order valence-electron chi connectivity index (χ4n) is 4.16. The van der Waals surface area contributed by atoms with Crippen molar-refractivity contribution in [2.75, 3.05) is 18.6 Å². The number of methoxy groups -OCH3 is 1. The molecule has 1 heterocycles. The number of Topliss-reactive ketones (excluding diaryl/α,β-unsaturated/α-hetero) is 1. The minimum Gasteiger partial charge on any atom is -0.507 e. The van der Waals surface area contributed by atoms with Gasteiger partial charge in [-0.15, -0.1) is 0 Å². The molecule has 2 N–H and O–H groups in total. The lowest BCUT2D eigenvalue weighted by molar-refractivity contribution is -0.132. The van der Waals surface area contributed by atoms with Crippen LogP contribution in [0.25, 0.3) is 5.76 Å². The van der Waals surface area contributed by atoms with Gasteiger partial charge in [-0.1, -0.05) is 17.7 Å². The van der Waals surface area contributed by atoms with E-state index in [4.69, 9.17) is 21.1 Å². The van der Waals surface area contributed by atoms with Crippen molar-refractivity contribution in [2.45, 2.75) is 19.9 Å². The highest BCUT2D eigenvalue weighted by atomic mass is 35.5. The number of halogens is 1. The Bertz CT molecular complexity index is 1330. The maximum atomic E-state index is 13.3. The molecule has 180 valence electrons. The summed E-state index contributed by atoms with van der Waals surface area (Å²) in [5.74, 6) is -1.25. The number of hydrogen-bond acceptors (Lipinski definition) is 6. The maximum Gasteiger partial charge on any atom is 0.300 e. The number of phenols is 1. The molecule has 0 radical (unpaired) electrons. The van der Waals surface area contributed by atoms with Crippen LogP contribution < -0.4 is 14.4 Å². The Morgan fingerprint density at radius 2 is 1.71 bits per heavy atom. The second-order valence-corrected chi connectivity index (χ2v) is 8.43. The number of benzene rings is 3. The standard InChI is InChI=1S/C27H24ClNO6/c1-4-35-21-11-6-17(13-15(21)2)25(31)23-24(16-5-12-22(34-3)20(30)14-16)29(27(33)26(23)32)19-9-7-18(28)8-10-19/h5-14,24,30-31H,4H2,1-3H3/b25-23-. The number of anilines is 1. The van der Waals surface area contributed by atoms with Gasteiger partial charge in [0.2, 0.25) is 0 Å². The number of phenolic OH excluding ortho intramolecular Hbond substituents is 1. The molecule has 0 aromatic heterocycles. The van der Waals surface area contributed by atoms with Crippen molar-refractivity contribution in [1.29, 1.82) is 0 Å². The molecule has 1 atom stereocenters. The first kappa shape index (κ1) is 24.2. The molecule has 0 spiro atoms. The van der Waals surface area contributed by atoms with E-state index in [1.54, 1.807) is 48.5 Å². The van der Waals surface area contributed by atoms with E-state index in [2.05, 4.69) is 0 Å². The number of aryl methyl sites for hydroxylation is 1. The van der Waals surface area contributed by atoms with Crippen LogP contribution in [0, 0.1) is 6.92 Å². The van der Waals surface area contributed by atoms with Gasteiger partial charge in [0.25, 0.3) is 11.7 Å². The zero-order chi connectivity index (χ0) is 25.3. The Morgan fingerprint density at radius 3 is 2.31 bits per heavy atom. The molecule has 1 aliphatic heterocycles. The first-order valence-electron chi connectivity index (χ1n) is 10.9. The minimum atomic E-state index is -1.00. The lowest BCUT2D eigenvalue weighted by atomic mass is 9.94. The summed E-state index contributed by atoms with van der Waals surface area (Å²) in [7, 11) is 1.42. The topological polar surface area (TPSA) is 96.3 Å². The van der Waals surface area contributed by atoms with Crippen LogP contribution in [0.4, 0.5) is 5.69 Å². The zero-order valence-electron chi connectivity index (χ0n) is 19.4. The van der Waals surface area contributed by atoms with Gasteiger partial charge in [-0.25, -0.2) is 0 Å². The molecule has 0 saturated carbocycles. The molecule has 3 aromatic carbocycles. The van der Waals surface area contributed by atoms with E-state index in [0.717, 1.165) is 5.56 Å². The summed E-state index contributed by atoms with van der Waals surface area (Å²) in [6.07, 6.45) is 0. The van der Waals surface area contributed by atoms with E-state index in [9.17, 15) is 19.8 Å². The monoisotopic (exact) mass is 493 g/mol. The number of carbonyl (C=O) groups is 2. The number of hydrogen-bond donors (Lipinski definition) is 2. The van der Waals surface area contributed by atoms with Gasteiger partial charge in [-0.3, -0.25) is 14.5 Å². The van der Waals surface area contributed by atoms with Crippen molar-refractivity contribution in [1.82, 2.24) is 0 Å². The van der Waals surface area contributed by atoms with Gasteiger partial charge < -0.3 is 19.7 Å². The van der Waals surface area contributed by atoms with Crippen LogP contribution in [-0.4, -0.2) is 35.6 Å². The predicted octanol–water partition coefficient (Wildman–Crippen LogP) is 5.39. The van der Waals surface area contributed by atoms with E-state index in [0.29, 0.717) is 34.2 Å². The van der Waals surface area contributed by atoms with E-state index in [1.165, 1.54) is 24.1 Å². The Balaban J connectivity index is 1.92. The van der Waals surface area contributed by atoms with Gasteiger partial charge in [0.1, 0.15) is 11.5 Å². The van der Waals surface area contributed by atoms with E-state index in [1.807, 2.05) is 13.8 Å². The summed E-state index contributed by atoms with van der Waals surface area (Å²) in [5, 5.41) is 22.2. The minimum absolute atomic E-state index is 0.0990. The number of aliphatic hydroxyl groups excluding tert-OH is 1. The molecule has 0 bridgehead atoms. The van der Waals surface area contributed by atoms with Gasteiger partial charge in [0.05, 0.1) is 25.3 Å². The van der Waals surface area contributed by atoms with Gasteiger partial charge in [0.15, 0.2) is 11.5 Å². The van der Waals surface area contributed by atoms with E-state index >= 15 is 0 Å². The Kier molecular flexibility index (Phi) is 6.71. The molecule has 1 fully saturated rings. The third kappa shape index (κ3) is 4.42. The fourth-order valence-corrected chi connectivity index (χ4v) is 4.29. The average molecular weight is 494 g/mol. The van der Waals surface area contributed by atoms with Crippen LogP contribution in [0.15, 0.2) is 66.2 Å². The second kappa shape index (κ2) is 9.72. The Labute approximate surface area is 207 Å². The zero-order valence-corrected chi connectivity index (χ0v) is 20.2. The molecular formula is C27H24ClNO6. The summed E-state index contributed by atoms with van der Waals surface area (Å²) in [4.78, 5) is 27.8. The first-order chi connectivity index (χ1) is 16.8. The molecule has 0 aliphatic carbocycles. The number of carbonyl (C=O) groups excluding carboxylic acids is 2.